The zero-order chi connectivity index (χ0) is 15.9. The maximum atomic E-state index is 11.4. The lowest BCUT2D eigenvalue weighted by Crippen LogP contribution is -2.17. The number of aromatic nitrogens is 1. The van der Waals surface area contributed by atoms with Crippen molar-refractivity contribution in [3.63, 3.8) is 0 Å². The molecule has 0 saturated carbocycles. The number of amides is 2. The van der Waals surface area contributed by atoms with Gasteiger partial charge < -0.3 is 11.1 Å². The molecular weight excluding hydrogens is 282 g/mol. The Kier molecular flexibility index (Phi) is 4.81. The predicted octanol–water partition coefficient (Wildman–Crippen LogP) is 0.986. The van der Waals surface area contributed by atoms with Crippen LogP contribution in [0.3, 0.4) is 0 Å². The Hall–Kier alpha value is -3.22. The highest BCUT2D eigenvalue weighted by Gasteiger charge is 2.01. The molecular formula is C15H15N5O2. The van der Waals surface area contributed by atoms with Crippen LogP contribution in [0, 0.1) is 0 Å². The number of hydrogen-bond acceptors (Lipinski definition) is 5. The molecule has 1 aromatic heterocycles. The van der Waals surface area contributed by atoms with Crippen LogP contribution in [-0.2, 0) is 0 Å². The minimum Gasteiger partial charge on any atom is -0.366 e. The Balaban J connectivity index is 1.97. The molecule has 4 N–H and O–H groups in total. The fourth-order valence-electron chi connectivity index (χ4n) is 1.64. The summed E-state index contributed by atoms with van der Waals surface area (Å²) in [7, 11) is 1.58. The third kappa shape index (κ3) is 3.89. The number of primary amides is 1. The average molecular weight is 297 g/mol. The van der Waals surface area contributed by atoms with Gasteiger partial charge in [-0.25, -0.2) is 4.98 Å². The Morgan fingerprint density at radius 2 is 1.82 bits per heavy atom. The minimum absolute atomic E-state index is 0.139. The molecule has 22 heavy (non-hydrogen) atoms. The fourth-order valence-corrected chi connectivity index (χ4v) is 1.64. The largest absolute Gasteiger partial charge is 0.366 e. The maximum absolute atomic E-state index is 11.4. The highest BCUT2D eigenvalue weighted by Crippen LogP contribution is 2.05. The van der Waals surface area contributed by atoms with Gasteiger partial charge in [-0.2, -0.15) is 5.10 Å². The predicted molar refractivity (Wildman–Crippen MR) is 83.8 cm³/mol. The topological polar surface area (TPSA) is 109 Å². The van der Waals surface area contributed by atoms with Crippen molar-refractivity contribution in [1.82, 2.24) is 10.3 Å². The van der Waals surface area contributed by atoms with E-state index in [2.05, 4.69) is 20.8 Å². The van der Waals surface area contributed by atoms with Gasteiger partial charge in [0.15, 0.2) is 0 Å². The van der Waals surface area contributed by atoms with E-state index in [4.69, 9.17) is 5.73 Å². The summed E-state index contributed by atoms with van der Waals surface area (Å²) in [5.41, 5.74) is 9.60. The van der Waals surface area contributed by atoms with Gasteiger partial charge >= 0.3 is 0 Å². The van der Waals surface area contributed by atoms with Crippen molar-refractivity contribution in [2.75, 3.05) is 12.5 Å². The Bertz CT molecular complexity index is 693. The summed E-state index contributed by atoms with van der Waals surface area (Å²) in [5, 5.41) is 6.58. The van der Waals surface area contributed by atoms with E-state index in [9.17, 15) is 9.59 Å². The number of nitrogens with one attached hydrogen (secondary N) is 2. The zero-order valence-electron chi connectivity index (χ0n) is 11.9. The molecule has 0 aliphatic heterocycles. The SMILES string of the molecule is CNC(=O)c1ccc(/C=N/Nc2ccc(C(N)=O)cn2)cc1. The van der Waals surface area contributed by atoms with E-state index < -0.39 is 5.91 Å². The summed E-state index contributed by atoms with van der Waals surface area (Å²) in [6, 6.07) is 10.1. The van der Waals surface area contributed by atoms with Crippen LogP contribution in [0.25, 0.3) is 0 Å². The summed E-state index contributed by atoms with van der Waals surface area (Å²) < 4.78 is 0. The maximum Gasteiger partial charge on any atom is 0.251 e. The third-order valence-corrected chi connectivity index (χ3v) is 2.84. The lowest BCUT2D eigenvalue weighted by atomic mass is 10.1. The van der Waals surface area contributed by atoms with E-state index >= 15 is 0 Å². The Morgan fingerprint density at radius 3 is 2.36 bits per heavy atom. The second-order valence-electron chi connectivity index (χ2n) is 4.37. The Labute approximate surface area is 127 Å². The molecule has 1 aromatic carbocycles. The van der Waals surface area contributed by atoms with Crippen molar-refractivity contribution in [1.29, 1.82) is 0 Å². The van der Waals surface area contributed by atoms with E-state index in [1.54, 1.807) is 49.7 Å². The number of nitrogens with zero attached hydrogens (tertiary/aromatic N) is 2. The summed E-state index contributed by atoms with van der Waals surface area (Å²) in [6.07, 6.45) is 2.97. The monoisotopic (exact) mass is 297 g/mol. The number of hydrazone groups is 1. The van der Waals surface area contributed by atoms with Gasteiger partial charge in [-0.1, -0.05) is 12.1 Å². The van der Waals surface area contributed by atoms with Gasteiger partial charge in [0.25, 0.3) is 5.91 Å². The molecule has 0 unspecified atom stereocenters. The van der Waals surface area contributed by atoms with Crippen molar-refractivity contribution in [3.8, 4) is 0 Å². The van der Waals surface area contributed by atoms with Gasteiger partial charge in [0.05, 0.1) is 11.8 Å². The van der Waals surface area contributed by atoms with Crippen LogP contribution < -0.4 is 16.5 Å². The van der Waals surface area contributed by atoms with E-state index in [1.165, 1.54) is 6.20 Å². The van der Waals surface area contributed by atoms with Crippen molar-refractivity contribution >= 4 is 23.8 Å². The molecule has 2 amide bonds. The first-order chi connectivity index (χ1) is 10.6. The van der Waals surface area contributed by atoms with Gasteiger partial charge in [0.1, 0.15) is 5.82 Å². The second-order valence-corrected chi connectivity index (χ2v) is 4.37. The molecule has 2 aromatic rings. The highest BCUT2D eigenvalue weighted by atomic mass is 16.1. The number of hydrogen-bond donors (Lipinski definition) is 3. The van der Waals surface area contributed by atoms with Crippen LogP contribution >= 0.6 is 0 Å². The summed E-state index contributed by atoms with van der Waals surface area (Å²) in [6.45, 7) is 0. The highest BCUT2D eigenvalue weighted by molar-refractivity contribution is 5.95. The molecule has 0 spiro atoms. The molecule has 0 atom stereocenters. The van der Waals surface area contributed by atoms with Crippen LogP contribution in [0.4, 0.5) is 5.82 Å². The molecule has 7 heteroatoms. The van der Waals surface area contributed by atoms with Gasteiger partial charge in [-0.15, -0.1) is 0 Å². The first-order valence-electron chi connectivity index (χ1n) is 6.47. The van der Waals surface area contributed by atoms with E-state index in [1.807, 2.05) is 0 Å². The molecule has 0 bridgehead atoms. The van der Waals surface area contributed by atoms with Crippen molar-refractivity contribution in [2.24, 2.45) is 10.8 Å². The molecule has 0 aliphatic carbocycles. The van der Waals surface area contributed by atoms with Gasteiger partial charge in [0.2, 0.25) is 5.91 Å². The quantitative estimate of drug-likeness (QED) is 0.564. The van der Waals surface area contributed by atoms with E-state index in [0.29, 0.717) is 16.9 Å². The van der Waals surface area contributed by atoms with Crippen LogP contribution in [0.5, 0.6) is 0 Å². The Morgan fingerprint density at radius 1 is 1.14 bits per heavy atom. The number of pyridine rings is 1. The second kappa shape index (κ2) is 6.98. The standard InChI is InChI=1S/C15H15N5O2/c1-17-15(22)11-4-2-10(3-5-11)8-19-20-13-7-6-12(9-18-13)14(16)21/h2-9H,1H3,(H2,16,21)(H,17,22)(H,18,20)/b19-8+. The molecule has 0 radical (unpaired) electrons. The lowest BCUT2D eigenvalue weighted by molar-refractivity contribution is 0.0961. The summed E-state index contributed by atoms with van der Waals surface area (Å²) >= 11 is 0. The van der Waals surface area contributed by atoms with Crippen molar-refractivity contribution in [3.05, 3.63) is 59.3 Å². The molecule has 112 valence electrons. The van der Waals surface area contributed by atoms with Crippen molar-refractivity contribution < 1.29 is 9.59 Å². The summed E-state index contributed by atoms with van der Waals surface area (Å²) in [4.78, 5) is 26.3. The first-order valence-corrected chi connectivity index (χ1v) is 6.47. The third-order valence-electron chi connectivity index (χ3n) is 2.84. The average Bonchev–Trinajstić information content (AvgIpc) is 2.55. The van der Waals surface area contributed by atoms with Crippen LogP contribution in [0.1, 0.15) is 26.3 Å². The zero-order valence-corrected chi connectivity index (χ0v) is 11.9. The van der Waals surface area contributed by atoms with Gasteiger partial charge in [-0.3, -0.25) is 15.0 Å². The molecule has 2 rings (SSSR count). The number of nitrogens with two attached hydrogens (primary N) is 1. The number of anilines is 1. The van der Waals surface area contributed by atoms with Crippen LogP contribution in [-0.4, -0.2) is 30.1 Å². The molecule has 0 fully saturated rings. The normalized spacial score (nSPS) is 10.4. The smallest absolute Gasteiger partial charge is 0.251 e. The number of benzene rings is 1. The first kappa shape index (κ1) is 15.2. The number of rotatable bonds is 5. The number of carbonyl (C=O) groups excluding carboxylic acids is 2. The van der Waals surface area contributed by atoms with E-state index in [-0.39, 0.29) is 5.91 Å². The molecule has 1 heterocycles. The van der Waals surface area contributed by atoms with Crippen LogP contribution in [0.2, 0.25) is 0 Å². The van der Waals surface area contributed by atoms with Crippen molar-refractivity contribution in [2.45, 2.75) is 0 Å². The minimum atomic E-state index is -0.529. The number of carbonyl (C=O) groups is 2. The summed E-state index contributed by atoms with van der Waals surface area (Å²) in [5.74, 6) is -0.178. The molecule has 0 saturated heterocycles. The molecule has 7 nitrogen and oxygen atoms in total. The molecule has 0 aliphatic rings. The lowest BCUT2D eigenvalue weighted by Gasteiger charge is -2.01. The van der Waals surface area contributed by atoms with E-state index in [0.717, 1.165) is 5.56 Å². The van der Waals surface area contributed by atoms with Gasteiger partial charge in [0, 0.05) is 18.8 Å². The fraction of sp³-hybridized carbons (Fsp3) is 0.0667. The van der Waals surface area contributed by atoms with Gasteiger partial charge in [-0.05, 0) is 29.8 Å². The van der Waals surface area contributed by atoms with Crippen LogP contribution in [0.15, 0.2) is 47.7 Å².